The average molecular weight is 210 g/mol. The van der Waals surface area contributed by atoms with Gasteiger partial charge in [0.2, 0.25) is 0 Å². The van der Waals surface area contributed by atoms with E-state index >= 15 is 0 Å². The van der Waals surface area contributed by atoms with Crippen LogP contribution in [0.4, 0.5) is 11.9 Å². The molecule has 0 unspecified atom stereocenters. The first kappa shape index (κ1) is 9.11. The van der Waals surface area contributed by atoms with Crippen LogP contribution >= 0.6 is 0 Å². The van der Waals surface area contributed by atoms with E-state index in [0.717, 1.165) is 4.80 Å². The van der Waals surface area contributed by atoms with E-state index in [9.17, 15) is 5.21 Å². The highest BCUT2D eigenvalue weighted by atomic mass is 16.5. The Hall–Kier alpha value is -2.46. The van der Waals surface area contributed by atoms with Gasteiger partial charge in [-0.2, -0.15) is 4.80 Å². The van der Waals surface area contributed by atoms with Crippen molar-refractivity contribution in [3.8, 4) is 0 Å². The van der Waals surface area contributed by atoms with Crippen molar-refractivity contribution in [3.05, 3.63) is 5.21 Å². The molecule has 0 saturated heterocycles. The highest BCUT2D eigenvalue weighted by Crippen LogP contribution is 2.05. The maximum atomic E-state index is 11.3. The summed E-state index contributed by atoms with van der Waals surface area (Å²) < 4.78 is 0. The topological polar surface area (TPSA) is 126 Å². The summed E-state index contributed by atoms with van der Waals surface area (Å²) in [7, 11) is 3.09. The summed E-state index contributed by atoms with van der Waals surface area (Å²) in [4.78, 5) is 2.49. The van der Waals surface area contributed by atoms with Crippen LogP contribution in [0.15, 0.2) is 5.11 Å². The summed E-state index contributed by atoms with van der Waals surface area (Å²) in [6.45, 7) is 0. The molecule has 0 radical (unpaired) electrons. The van der Waals surface area contributed by atoms with Crippen molar-refractivity contribution in [2.45, 2.75) is 0 Å². The highest BCUT2D eigenvalue weighted by Gasteiger charge is 2.12. The predicted octanol–water partition coefficient (Wildman–Crippen LogP) is -1.34. The van der Waals surface area contributed by atoms with Gasteiger partial charge in [0.1, 0.15) is 0 Å². The molecule has 0 spiro atoms. The van der Waals surface area contributed by atoms with Crippen molar-refractivity contribution in [2.24, 2.45) is 19.2 Å². The van der Waals surface area contributed by atoms with Gasteiger partial charge in [-0.3, -0.25) is 0 Å². The molecule has 0 bridgehead atoms. The summed E-state index contributed by atoms with van der Waals surface area (Å²) in [6, 6.07) is 0. The second-order valence-electron chi connectivity index (χ2n) is 2.53. The minimum absolute atomic E-state index is 0.0695. The Balaban J connectivity index is 2.27. The van der Waals surface area contributed by atoms with Gasteiger partial charge < -0.3 is 5.21 Å². The zero-order valence-corrected chi connectivity index (χ0v) is 7.88. The molecule has 2 aromatic heterocycles. The zero-order chi connectivity index (χ0) is 10.8. The standard InChI is InChI=1S/C4H6N10O/c1-12-7-3(5-10-12)8-14(15)4-6-11-13(2)9-4/h1-2H3/b14-8-. The summed E-state index contributed by atoms with van der Waals surface area (Å²) in [5.41, 5.74) is 0. The van der Waals surface area contributed by atoms with Crippen LogP contribution in [0.25, 0.3) is 0 Å². The second kappa shape index (κ2) is 3.36. The summed E-state index contributed by atoms with van der Waals surface area (Å²) in [5.74, 6) is -0.259. The van der Waals surface area contributed by atoms with Crippen LogP contribution in [0.1, 0.15) is 0 Å². The number of aromatic nitrogens is 8. The fourth-order valence-corrected chi connectivity index (χ4v) is 0.791. The van der Waals surface area contributed by atoms with Crippen LogP contribution in [-0.2, 0) is 14.1 Å². The monoisotopic (exact) mass is 210 g/mol. The minimum atomic E-state index is -0.190. The molecule has 0 N–H and O–H groups in total. The van der Waals surface area contributed by atoms with Crippen LogP contribution in [0, 0.1) is 5.21 Å². The number of rotatable bonds is 2. The molecular weight excluding hydrogens is 204 g/mol. The minimum Gasteiger partial charge on any atom is -0.721 e. The lowest BCUT2D eigenvalue weighted by molar-refractivity contribution is -0.444. The molecule has 15 heavy (non-hydrogen) atoms. The van der Waals surface area contributed by atoms with Crippen molar-refractivity contribution in [3.63, 3.8) is 0 Å². The molecule has 0 amide bonds. The van der Waals surface area contributed by atoms with Gasteiger partial charge in [-0.1, -0.05) is 15.0 Å². The van der Waals surface area contributed by atoms with Crippen molar-refractivity contribution in [1.29, 1.82) is 0 Å². The summed E-state index contributed by atoms with van der Waals surface area (Å²) >= 11 is 0. The fourth-order valence-electron chi connectivity index (χ4n) is 0.791. The molecular formula is C4H6N10O. The third-order valence-corrected chi connectivity index (χ3v) is 1.35. The molecule has 11 heteroatoms. The molecule has 11 nitrogen and oxygen atoms in total. The zero-order valence-electron chi connectivity index (χ0n) is 7.88. The summed E-state index contributed by atoms with van der Waals surface area (Å²) in [5, 5.41) is 36.0. The van der Waals surface area contributed by atoms with Crippen LogP contribution in [0.3, 0.4) is 0 Å². The number of azo groups is 1. The van der Waals surface area contributed by atoms with E-state index in [0.29, 0.717) is 0 Å². The molecule has 0 aliphatic heterocycles. The fraction of sp³-hybridized carbons (Fsp3) is 0.500. The second-order valence-corrected chi connectivity index (χ2v) is 2.53. The van der Waals surface area contributed by atoms with Gasteiger partial charge in [-0.25, -0.2) is 0 Å². The smallest absolute Gasteiger partial charge is 0.499 e. The Morgan fingerprint density at radius 2 is 1.80 bits per heavy atom. The Morgan fingerprint density at radius 3 is 2.33 bits per heavy atom. The SMILES string of the molecule is Cn1nnc(/N=[N+](\[O-])c2nnn(C)n2)n1. The van der Waals surface area contributed by atoms with E-state index in [1.165, 1.54) is 11.8 Å². The van der Waals surface area contributed by atoms with E-state index in [-0.39, 0.29) is 16.8 Å². The van der Waals surface area contributed by atoms with Gasteiger partial charge in [0.25, 0.3) is 0 Å². The molecule has 0 aliphatic rings. The van der Waals surface area contributed by atoms with Gasteiger partial charge in [0.15, 0.2) is 0 Å². The van der Waals surface area contributed by atoms with Gasteiger partial charge in [-0.05, 0) is 5.21 Å². The van der Waals surface area contributed by atoms with Crippen molar-refractivity contribution < 1.29 is 4.86 Å². The molecule has 78 valence electrons. The quantitative estimate of drug-likeness (QED) is 0.341. The van der Waals surface area contributed by atoms with Crippen molar-refractivity contribution in [1.82, 2.24) is 40.4 Å². The first-order chi connectivity index (χ1) is 7.15. The predicted molar refractivity (Wildman–Crippen MR) is 43.0 cm³/mol. The number of aryl methyl sites for hydroxylation is 2. The first-order valence-corrected chi connectivity index (χ1v) is 3.82. The third kappa shape index (κ3) is 1.90. The molecule has 0 aromatic carbocycles. The number of hydrogen-bond acceptors (Lipinski definition) is 8. The van der Waals surface area contributed by atoms with E-state index in [2.05, 4.69) is 35.9 Å². The van der Waals surface area contributed by atoms with Crippen LogP contribution < -0.4 is 0 Å². The molecule has 0 aliphatic carbocycles. The highest BCUT2D eigenvalue weighted by molar-refractivity contribution is 5.04. The van der Waals surface area contributed by atoms with Gasteiger partial charge in [0.05, 0.1) is 19.2 Å². The van der Waals surface area contributed by atoms with Crippen molar-refractivity contribution in [2.75, 3.05) is 0 Å². The lowest BCUT2D eigenvalue weighted by atomic mass is 11.1. The molecule has 2 heterocycles. The van der Waals surface area contributed by atoms with Crippen LogP contribution in [-0.4, -0.2) is 45.3 Å². The largest absolute Gasteiger partial charge is 0.721 e. The number of hydrogen-bond donors (Lipinski definition) is 0. The van der Waals surface area contributed by atoms with Crippen LogP contribution in [0.5, 0.6) is 0 Å². The molecule has 0 atom stereocenters. The Kier molecular flexibility index (Phi) is 2.04. The Morgan fingerprint density at radius 1 is 1.13 bits per heavy atom. The van der Waals surface area contributed by atoms with E-state index < -0.39 is 0 Å². The van der Waals surface area contributed by atoms with Gasteiger partial charge in [-0.15, -0.1) is 9.96 Å². The van der Waals surface area contributed by atoms with Crippen molar-refractivity contribution >= 4 is 11.9 Å². The molecule has 0 fully saturated rings. The van der Waals surface area contributed by atoms with E-state index in [1.807, 2.05) is 0 Å². The van der Waals surface area contributed by atoms with E-state index in [1.54, 1.807) is 7.05 Å². The van der Waals surface area contributed by atoms with Gasteiger partial charge in [0, 0.05) is 10.3 Å². The number of nitrogens with zero attached hydrogens (tertiary/aromatic N) is 10. The van der Waals surface area contributed by atoms with E-state index in [4.69, 9.17) is 0 Å². The summed E-state index contributed by atoms with van der Waals surface area (Å²) in [6.07, 6.45) is 0. The Labute approximate surface area is 82.6 Å². The number of tetrazole rings is 2. The maximum absolute atomic E-state index is 11.3. The lowest BCUT2D eigenvalue weighted by Crippen LogP contribution is -1.96. The van der Waals surface area contributed by atoms with Gasteiger partial charge >= 0.3 is 11.9 Å². The Bertz CT molecular complexity index is 495. The third-order valence-electron chi connectivity index (χ3n) is 1.35. The molecule has 0 saturated carbocycles. The average Bonchev–Trinajstić information content (AvgIpc) is 2.75. The maximum Gasteiger partial charge on any atom is 0.499 e. The first-order valence-electron chi connectivity index (χ1n) is 3.82. The van der Waals surface area contributed by atoms with Crippen LogP contribution in [0.2, 0.25) is 0 Å². The molecule has 2 aromatic rings. The lowest BCUT2D eigenvalue weighted by Gasteiger charge is -1.96. The normalized spacial score (nSPS) is 12.0. The molecule has 2 rings (SSSR count).